The molecule has 0 saturated heterocycles. The third kappa shape index (κ3) is 3.29. The summed E-state index contributed by atoms with van der Waals surface area (Å²) in [5.41, 5.74) is 1.60. The lowest BCUT2D eigenvalue weighted by Crippen LogP contribution is -2.14. The van der Waals surface area contributed by atoms with Crippen LogP contribution in [-0.4, -0.2) is 30.2 Å². The third-order valence-corrected chi connectivity index (χ3v) is 3.60. The Bertz CT molecular complexity index is 580. The Morgan fingerprint density at radius 2 is 2.16 bits per heavy atom. The summed E-state index contributed by atoms with van der Waals surface area (Å²) in [7, 11) is 3.88. The van der Waals surface area contributed by atoms with E-state index >= 15 is 0 Å². The molecule has 0 atom stereocenters. The van der Waals surface area contributed by atoms with Crippen LogP contribution in [0.1, 0.15) is 22.3 Å². The first kappa shape index (κ1) is 13.5. The Morgan fingerprint density at radius 3 is 2.79 bits per heavy atom. The first-order valence-corrected chi connectivity index (χ1v) is 6.83. The van der Waals surface area contributed by atoms with Crippen molar-refractivity contribution in [3.05, 3.63) is 34.8 Å². The van der Waals surface area contributed by atoms with E-state index in [0.29, 0.717) is 10.7 Å². The summed E-state index contributed by atoms with van der Waals surface area (Å²) in [5.74, 6) is -0.164. The molecule has 0 aliphatic rings. The normalized spacial score (nSPS) is 10.3. The van der Waals surface area contributed by atoms with Gasteiger partial charge in [-0.25, -0.2) is 0 Å². The number of anilines is 2. The molecule has 19 heavy (non-hydrogen) atoms. The first-order chi connectivity index (χ1) is 9.10. The molecular formula is C13H16N4OS. The van der Waals surface area contributed by atoms with E-state index in [1.54, 1.807) is 6.07 Å². The van der Waals surface area contributed by atoms with Gasteiger partial charge in [-0.05, 0) is 24.6 Å². The average Bonchev–Trinajstić information content (AvgIpc) is 2.86. The van der Waals surface area contributed by atoms with Gasteiger partial charge in [0.1, 0.15) is 5.01 Å². The van der Waals surface area contributed by atoms with E-state index in [1.165, 1.54) is 11.3 Å². The molecule has 1 aromatic carbocycles. The smallest absolute Gasteiger partial charge is 0.257 e. The Labute approximate surface area is 116 Å². The quantitative estimate of drug-likeness (QED) is 0.931. The number of amides is 1. The summed E-state index contributed by atoms with van der Waals surface area (Å²) in [6, 6.07) is 7.44. The van der Waals surface area contributed by atoms with Crippen molar-refractivity contribution in [1.29, 1.82) is 0 Å². The van der Waals surface area contributed by atoms with Gasteiger partial charge in [0.25, 0.3) is 5.91 Å². The molecule has 2 aromatic rings. The van der Waals surface area contributed by atoms with Gasteiger partial charge < -0.3 is 4.90 Å². The zero-order valence-corrected chi connectivity index (χ0v) is 12.0. The van der Waals surface area contributed by atoms with E-state index < -0.39 is 0 Å². The summed E-state index contributed by atoms with van der Waals surface area (Å²) in [6.07, 6.45) is 0.823. The van der Waals surface area contributed by atoms with Crippen molar-refractivity contribution >= 4 is 28.1 Å². The number of benzene rings is 1. The molecular weight excluding hydrogens is 260 g/mol. The molecule has 0 radical (unpaired) electrons. The van der Waals surface area contributed by atoms with Crippen LogP contribution in [0.15, 0.2) is 24.3 Å². The highest BCUT2D eigenvalue weighted by atomic mass is 32.1. The Hall–Kier alpha value is -1.95. The molecule has 5 nitrogen and oxygen atoms in total. The highest BCUT2D eigenvalue weighted by Crippen LogP contribution is 2.18. The zero-order chi connectivity index (χ0) is 13.8. The SMILES string of the molecule is CCc1nnc(NC(=O)c2cccc(N(C)C)c2)s1. The van der Waals surface area contributed by atoms with Gasteiger partial charge in [-0.2, -0.15) is 0 Å². The summed E-state index contributed by atoms with van der Waals surface area (Å²) < 4.78 is 0. The lowest BCUT2D eigenvalue weighted by atomic mass is 10.2. The van der Waals surface area contributed by atoms with Crippen LogP contribution in [-0.2, 0) is 6.42 Å². The highest BCUT2D eigenvalue weighted by Gasteiger charge is 2.10. The number of carbonyl (C=O) groups excluding carboxylic acids is 1. The minimum atomic E-state index is -0.164. The van der Waals surface area contributed by atoms with E-state index in [9.17, 15) is 4.79 Å². The maximum Gasteiger partial charge on any atom is 0.257 e. The number of carbonyl (C=O) groups is 1. The maximum absolute atomic E-state index is 12.1. The molecule has 1 heterocycles. The molecule has 1 N–H and O–H groups in total. The fourth-order valence-corrected chi connectivity index (χ4v) is 2.22. The second-order valence-corrected chi connectivity index (χ2v) is 5.32. The summed E-state index contributed by atoms with van der Waals surface area (Å²) >= 11 is 1.40. The van der Waals surface area contributed by atoms with Crippen LogP contribution >= 0.6 is 11.3 Å². The number of aryl methyl sites for hydroxylation is 1. The molecule has 2 rings (SSSR count). The number of hydrogen-bond acceptors (Lipinski definition) is 5. The fourth-order valence-electron chi connectivity index (χ4n) is 1.54. The van der Waals surface area contributed by atoms with Crippen LogP contribution in [0, 0.1) is 0 Å². The highest BCUT2D eigenvalue weighted by molar-refractivity contribution is 7.15. The van der Waals surface area contributed by atoms with Crippen LogP contribution in [0.5, 0.6) is 0 Å². The minimum absolute atomic E-state index is 0.164. The topological polar surface area (TPSA) is 58.1 Å². The number of aromatic nitrogens is 2. The molecule has 0 unspecified atom stereocenters. The van der Waals surface area contributed by atoms with Gasteiger partial charge in [0.15, 0.2) is 0 Å². The second kappa shape index (κ2) is 5.79. The Kier molecular flexibility index (Phi) is 4.11. The van der Waals surface area contributed by atoms with Gasteiger partial charge in [0, 0.05) is 25.3 Å². The molecule has 0 aliphatic carbocycles. The predicted octanol–water partition coefficient (Wildman–Crippen LogP) is 2.42. The number of rotatable bonds is 4. The molecule has 0 spiro atoms. The van der Waals surface area contributed by atoms with Crippen LogP contribution in [0.3, 0.4) is 0 Å². The van der Waals surface area contributed by atoms with Crippen molar-refractivity contribution in [3.63, 3.8) is 0 Å². The summed E-state index contributed by atoms with van der Waals surface area (Å²) in [6.45, 7) is 2.01. The van der Waals surface area contributed by atoms with Crippen LogP contribution < -0.4 is 10.2 Å². The van der Waals surface area contributed by atoms with Gasteiger partial charge in [-0.3, -0.25) is 10.1 Å². The van der Waals surface area contributed by atoms with Gasteiger partial charge in [0.2, 0.25) is 5.13 Å². The largest absolute Gasteiger partial charge is 0.378 e. The molecule has 1 amide bonds. The zero-order valence-electron chi connectivity index (χ0n) is 11.2. The van der Waals surface area contributed by atoms with Gasteiger partial charge >= 0.3 is 0 Å². The number of hydrogen-bond donors (Lipinski definition) is 1. The van der Waals surface area contributed by atoms with E-state index in [-0.39, 0.29) is 5.91 Å². The molecule has 100 valence electrons. The maximum atomic E-state index is 12.1. The van der Waals surface area contributed by atoms with Crippen LogP contribution in [0.4, 0.5) is 10.8 Å². The van der Waals surface area contributed by atoms with E-state index in [4.69, 9.17) is 0 Å². The van der Waals surface area contributed by atoms with Crippen molar-refractivity contribution in [3.8, 4) is 0 Å². The first-order valence-electron chi connectivity index (χ1n) is 6.01. The minimum Gasteiger partial charge on any atom is -0.378 e. The number of nitrogens with zero attached hydrogens (tertiary/aromatic N) is 3. The Balaban J connectivity index is 2.13. The van der Waals surface area contributed by atoms with Crippen molar-refractivity contribution < 1.29 is 4.79 Å². The van der Waals surface area contributed by atoms with E-state index in [1.807, 2.05) is 44.1 Å². The molecule has 0 bridgehead atoms. The second-order valence-electron chi connectivity index (χ2n) is 4.25. The molecule has 0 fully saturated rings. The molecule has 0 saturated carbocycles. The average molecular weight is 276 g/mol. The predicted molar refractivity (Wildman–Crippen MR) is 78.0 cm³/mol. The monoisotopic (exact) mass is 276 g/mol. The lowest BCUT2D eigenvalue weighted by molar-refractivity contribution is 0.102. The summed E-state index contributed by atoms with van der Waals surface area (Å²) in [4.78, 5) is 14.1. The fraction of sp³-hybridized carbons (Fsp3) is 0.308. The van der Waals surface area contributed by atoms with Crippen molar-refractivity contribution in [1.82, 2.24) is 10.2 Å². The lowest BCUT2D eigenvalue weighted by Gasteiger charge is -2.13. The number of nitrogens with one attached hydrogen (secondary N) is 1. The molecule has 6 heteroatoms. The van der Waals surface area contributed by atoms with Crippen molar-refractivity contribution in [2.45, 2.75) is 13.3 Å². The molecule has 0 aliphatic heterocycles. The van der Waals surface area contributed by atoms with E-state index in [0.717, 1.165) is 17.1 Å². The molecule has 1 aromatic heterocycles. The standard InChI is InChI=1S/C13H16N4OS/c1-4-11-15-16-13(19-11)14-12(18)9-6-5-7-10(8-9)17(2)3/h5-8H,4H2,1-3H3,(H,14,16,18). The van der Waals surface area contributed by atoms with Gasteiger partial charge in [0.05, 0.1) is 0 Å². The Morgan fingerprint density at radius 1 is 1.37 bits per heavy atom. The van der Waals surface area contributed by atoms with Crippen LogP contribution in [0.2, 0.25) is 0 Å². The summed E-state index contributed by atoms with van der Waals surface area (Å²) in [5, 5.41) is 12.1. The van der Waals surface area contributed by atoms with Crippen LogP contribution in [0.25, 0.3) is 0 Å². The van der Waals surface area contributed by atoms with Crippen molar-refractivity contribution in [2.24, 2.45) is 0 Å². The third-order valence-electron chi connectivity index (χ3n) is 2.61. The van der Waals surface area contributed by atoms with Gasteiger partial charge in [-0.1, -0.05) is 24.3 Å². The van der Waals surface area contributed by atoms with Gasteiger partial charge in [-0.15, -0.1) is 10.2 Å². The van der Waals surface area contributed by atoms with E-state index in [2.05, 4.69) is 15.5 Å². The van der Waals surface area contributed by atoms with Crippen molar-refractivity contribution in [2.75, 3.05) is 24.3 Å².